The third-order valence-electron chi connectivity index (χ3n) is 5.81. The Kier molecular flexibility index (Phi) is 6.92. The smallest absolute Gasteiger partial charge is 0.394 e. The van der Waals surface area contributed by atoms with Crippen molar-refractivity contribution in [3.8, 4) is 11.8 Å². The van der Waals surface area contributed by atoms with Gasteiger partial charge in [-0.2, -0.15) is 14.0 Å². The van der Waals surface area contributed by atoms with Gasteiger partial charge in [0.25, 0.3) is 0 Å². The molecule has 0 atom stereocenters. The zero-order chi connectivity index (χ0) is 25.8. The van der Waals surface area contributed by atoms with Gasteiger partial charge in [-0.25, -0.2) is 9.97 Å². The first-order valence-corrected chi connectivity index (χ1v) is 11.2. The number of nitrogens with one attached hydrogen (secondary N) is 2. The molecule has 4 rings (SSSR count). The highest BCUT2D eigenvalue weighted by atomic mass is 19.3. The number of rotatable bonds is 10. The SMILES string of the molecule is CC(F)(F)Oc1ccc(Nc2ccc(CNC(=O)C3(CC(=O)c4cncnc4)CC3)cc2)c(C#N)c1. The second-order valence-electron chi connectivity index (χ2n) is 8.74. The van der Waals surface area contributed by atoms with Crippen molar-refractivity contribution in [3.63, 3.8) is 0 Å². The number of hydrogen-bond donors (Lipinski definition) is 2. The number of aromatic nitrogens is 2. The largest absolute Gasteiger partial charge is 0.433 e. The Morgan fingerprint density at radius 1 is 1.14 bits per heavy atom. The van der Waals surface area contributed by atoms with Crippen molar-refractivity contribution >= 4 is 23.1 Å². The number of ether oxygens (including phenoxy) is 1. The molecule has 1 heterocycles. The summed E-state index contributed by atoms with van der Waals surface area (Å²) in [5, 5.41) is 15.4. The van der Waals surface area contributed by atoms with E-state index in [4.69, 9.17) is 0 Å². The van der Waals surface area contributed by atoms with E-state index in [1.54, 1.807) is 12.1 Å². The molecule has 36 heavy (non-hydrogen) atoms. The van der Waals surface area contributed by atoms with Gasteiger partial charge in [0.1, 0.15) is 18.1 Å². The van der Waals surface area contributed by atoms with E-state index in [-0.39, 0.29) is 29.4 Å². The number of halogens is 2. The first kappa shape index (κ1) is 24.7. The molecule has 1 fully saturated rings. The minimum Gasteiger partial charge on any atom is -0.433 e. The maximum absolute atomic E-state index is 13.1. The fourth-order valence-electron chi connectivity index (χ4n) is 3.71. The van der Waals surface area contributed by atoms with Gasteiger partial charge in [-0.05, 0) is 42.7 Å². The van der Waals surface area contributed by atoms with E-state index in [1.165, 1.54) is 36.9 Å². The molecule has 0 saturated heterocycles. The van der Waals surface area contributed by atoms with E-state index < -0.39 is 11.5 Å². The minimum atomic E-state index is -3.35. The summed E-state index contributed by atoms with van der Waals surface area (Å²) >= 11 is 0. The topological polar surface area (TPSA) is 117 Å². The van der Waals surface area contributed by atoms with Crippen molar-refractivity contribution in [2.45, 2.75) is 38.8 Å². The van der Waals surface area contributed by atoms with Crippen LogP contribution in [0.1, 0.15) is 47.7 Å². The number of alkyl halides is 2. The molecule has 1 aromatic heterocycles. The quantitative estimate of drug-likeness (QED) is 0.393. The van der Waals surface area contributed by atoms with Crippen LogP contribution in [0.25, 0.3) is 0 Å². The zero-order valence-electron chi connectivity index (χ0n) is 19.4. The number of Topliss-reactive ketones (excluding diaryl/α,β-unsaturated/α-hetero) is 1. The van der Waals surface area contributed by atoms with Crippen molar-refractivity contribution in [2.24, 2.45) is 5.41 Å². The lowest BCUT2D eigenvalue weighted by Gasteiger charge is -2.15. The van der Waals surface area contributed by atoms with Crippen LogP contribution in [0.15, 0.2) is 61.2 Å². The van der Waals surface area contributed by atoms with Gasteiger partial charge in [0.2, 0.25) is 5.91 Å². The Bertz CT molecular complexity index is 1300. The molecule has 0 aliphatic heterocycles. The molecule has 8 nitrogen and oxygen atoms in total. The lowest BCUT2D eigenvalue weighted by atomic mass is 9.95. The van der Waals surface area contributed by atoms with Crippen LogP contribution in [0.3, 0.4) is 0 Å². The average molecular weight is 491 g/mol. The second-order valence-corrected chi connectivity index (χ2v) is 8.74. The third kappa shape index (κ3) is 6.18. The van der Waals surface area contributed by atoms with E-state index in [0.717, 1.165) is 5.56 Å². The molecule has 0 radical (unpaired) electrons. The predicted molar refractivity (Wildman–Crippen MR) is 127 cm³/mol. The van der Waals surface area contributed by atoms with Gasteiger partial charge in [-0.1, -0.05) is 12.1 Å². The zero-order valence-corrected chi connectivity index (χ0v) is 19.4. The van der Waals surface area contributed by atoms with Crippen LogP contribution in [-0.4, -0.2) is 27.8 Å². The van der Waals surface area contributed by atoms with E-state index in [1.807, 2.05) is 18.2 Å². The van der Waals surface area contributed by atoms with Gasteiger partial charge >= 0.3 is 6.11 Å². The highest BCUT2D eigenvalue weighted by molar-refractivity contribution is 6.00. The molecular formula is C26H23F2N5O3. The normalized spacial score (nSPS) is 13.8. The molecule has 10 heteroatoms. The molecule has 2 N–H and O–H groups in total. The number of carbonyl (C=O) groups excluding carboxylic acids is 2. The van der Waals surface area contributed by atoms with E-state index in [9.17, 15) is 23.6 Å². The van der Waals surface area contributed by atoms with Crippen molar-refractivity contribution in [1.29, 1.82) is 5.26 Å². The lowest BCUT2D eigenvalue weighted by Crippen LogP contribution is -2.33. The maximum atomic E-state index is 13.1. The number of amides is 1. The Morgan fingerprint density at radius 3 is 2.44 bits per heavy atom. The summed E-state index contributed by atoms with van der Waals surface area (Å²) in [7, 11) is 0. The van der Waals surface area contributed by atoms with Gasteiger partial charge in [-0.3, -0.25) is 9.59 Å². The second kappa shape index (κ2) is 10.1. The number of benzene rings is 2. The summed E-state index contributed by atoms with van der Waals surface area (Å²) in [6.45, 7) is 0.920. The average Bonchev–Trinajstić information content (AvgIpc) is 3.64. The van der Waals surface area contributed by atoms with Gasteiger partial charge in [0.05, 0.1) is 22.2 Å². The van der Waals surface area contributed by atoms with Crippen LogP contribution in [0, 0.1) is 16.7 Å². The molecule has 2 aromatic carbocycles. The predicted octanol–water partition coefficient (Wildman–Crippen LogP) is 4.75. The minimum absolute atomic E-state index is 0.108. The number of anilines is 2. The maximum Gasteiger partial charge on any atom is 0.394 e. The van der Waals surface area contributed by atoms with Crippen LogP contribution in [0.5, 0.6) is 5.75 Å². The monoisotopic (exact) mass is 491 g/mol. The number of ketones is 1. The number of nitriles is 1. The molecule has 0 bridgehead atoms. The molecule has 1 aliphatic carbocycles. The highest BCUT2D eigenvalue weighted by Crippen LogP contribution is 2.49. The standard InChI is InChI=1S/C26H23F2N5O3/c1-25(27,28)36-21-6-7-22(18(10-21)12-29)33-20-4-2-17(3-5-20)13-32-24(35)26(8-9-26)11-23(34)19-14-30-16-31-15-19/h2-7,10,14-16,33H,8-9,11,13H2,1H3,(H,32,35). The summed E-state index contributed by atoms with van der Waals surface area (Å²) < 4.78 is 30.7. The fourth-order valence-corrected chi connectivity index (χ4v) is 3.71. The molecule has 1 amide bonds. The summed E-state index contributed by atoms with van der Waals surface area (Å²) in [5.41, 5.74) is 1.82. The summed E-state index contributed by atoms with van der Waals surface area (Å²) in [6, 6.07) is 13.2. The molecular weight excluding hydrogens is 468 g/mol. The number of nitrogens with zero attached hydrogens (tertiary/aromatic N) is 3. The van der Waals surface area contributed by atoms with Crippen LogP contribution in [-0.2, 0) is 11.3 Å². The van der Waals surface area contributed by atoms with Gasteiger partial charge in [-0.15, -0.1) is 0 Å². The Morgan fingerprint density at radius 2 is 1.83 bits per heavy atom. The van der Waals surface area contributed by atoms with Gasteiger partial charge in [0, 0.05) is 44.0 Å². The van der Waals surface area contributed by atoms with Crippen LogP contribution >= 0.6 is 0 Å². The molecule has 1 saturated carbocycles. The lowest BCUT2D eigenvalue weighted by molar-refractivity contribution is -0.158. The van der Waals surface area contributed by atoms with E-state index >= 15 is 0 Å². The fraction of sp³-hybridized carbons (Fsp3) is 0.269. The summed E-state index contributed by atoms with van der Waals surface area (Å²) in [4.78, 5) is 32.9. The Labute approximate surface area is 206 Å². The third-order valence-corrected chi connectivity index (χ3v) is 5.81. The summed E-state index contributed by atoms with van der Waals surface area (Å²) in [6.07, 6.45) is 2.33. The Balaban J connectivity index is 1.33. The molecule has 1 aliphatic rings. The van der Waals surface area contributed by atoms with Gasteiger partial charge in [0.15, 0.2) is 5.78 Å². The Hall–Kier alpha value is -4.39. The van der Waals surface area contributed by atoms with E-state index in [0.29, 0.717) is 43.2 Å². The van der Waals surface area contributed by atoms with Crippen LogP contribution < -0.4 is 15.4 Å². The first-order chi connectivity index (χ1) is 17.2. The van der Waals surface area contributed by atoms with Crippen molar-refractivity contribution in [1.82, 2.24) is 15.3 Å². The number of carbonyl (C=O) groups is 2. The molecule has 3 aromatic rings. The van der Waals surface area contributed by atoms with Crippen LogP contribution in [0.2, 0.25) is 0 Å². The van der Waals surface area contributed by atoms with Gasteiger partial charge < -0.3 is 15.4 Å². The number of hydrogen-bond acceptors (Lipinski definition) is 7. The van der Waals surface area contributed by atoms with Crippen molar-refractivity contribution in [3.05, 3.63) is 77.9 Å². The summed E-state index contributed by atoms with van der Waals surface area (Å²) in [5.74, 6) is -0.421. The molecule has 184 valence electrons. The molecule has 0 spiro atoms. The molecule has 0 unspecified atom stereocenters. The highest BCUT2D eigenvalue weighted by Gasteiger charge is 2.51. The van der Waals surface area contributed by atoms with E-state index in [2.05, 4.69) is 25.3 Å². The van der Waals surface area contributed by atoms with Crippen molar-refractivity contribution in [2.75, 3.05) is 5.32 Å². The van der Waals surface area contributed by atoms with Crippen molar-refractivity contribution < 1.29 is 23.1 Å². The first-order valence-electron chi connectivity index (χ1n) is 11.2. The van der Waals surface area contributed by atoms with Crippen LogP contribution in [0.4, 0.5) is 20.2 Å².